The zero-order valence-corrected chi connectivity index (χ0v) is 20.4. The molecule has 192 valence electrons. The number of fused-ring (bicyclic) bond motifs is 1. The molecular formula is C16H15ClF3N5O7S3. The molecule has 2 atom stereocenters. The van der Waals surface area contributed by atoms with Gasteiger partial charge in [-0.05, 0) is 0 Å². The van der Waals surface area contributed by atoms with Crippen LogP contribution in [0.25, 0.3) is 0 Å². The number of carbonyl (C=O) groups excluding carboxylic acids is 2. The Morgan fingerprint density at radius 2 is 2.06 bits per heavy atom. The minimum absolute atomic E-state index is 0.111. The molecule has 0 radical (unpaired) electrons. The van der Waals surface area contributed by atoms with Crippen LogP contribution in [0.1, 0.15) is 5.69 Å². The van der Waals surface area contributed by atoms with Gasteiger partial charge in [-0.1, -0.05) is 5.16 Å². The van der Waals surface area contributed by atoms with E-state index in [0.29, 0.717) is 9.99 Å². The third-order valence-electron chi connectivity index (χ3n) is 4.12. The highest BCUT2D eigenvalue weighted by Crippen LogP contribution is 2.44. The van der Waals surface area contributed by atoms with Crippen molar-refractivity contribution in [3.63, 3.8) is 0 Å². The molecule has 1 aromatic heterocycles. The Labute approximate surface area is 211 Å². The number of hydrogen-bond acceptors (Lipinski definition) is 11. The standard InChI is InChI=1S/C14H14ClN5O5S3.C2HF3O2/c1-25-19-7(5-2-27-14(16)17-5)10(21)18-8-6-3-26-13(28-4-15)9(12(23)24)20(6)11(8)22;3-2(4,5)1(6)7/h2,6,8H,3-4H2,1H3,(H2,16,17)(H,18,21)(H,23,24);(H,6,7)/t6-,8-;/m1./s1. The number of halogens is 4. The largest absolute Gasteiger partial charge is 0.490 e. The first-order chi connectivity index (χ1) is 16.3. The van der Waals surface area contributed by atoms with Crippen molar-refractivity contribution >= 4 is 81.1 Å². The molecule has 3 rings (SSSR count). The number of thiazole rings is 1. The van der Waals surface area contributed by atoms with Gasteiger partial charge in [0, 0.05) is 11.1 Å². The number of nitrogens with one attached hydrogen (secondary N) is 1. The smallest absolute Gasteiger partial charge is 0.477 e. The van der Waals surface area contributed by atoms with E-state index < -0.39 is 42.0 Å². The van der Waals surface area contributed by atoms with Crippen LogP contribution in [0, 0.1) is 0 Å². The lowest BCUT2D eigenvalue weighted by molar-refractivity contribution is -0.192. The highest BCUT2D eigenvalue weighted by molar-refractivity contribution is 8.22. The van der Waals surface area contributed by atoms with Crippen LogP contribution < -0.4 is 11.1 Å². The van der Waals surface area contributed by atoms with Crippen molar-refractivity contribution in [1.82, 2.24) is 15.2 Å². The van der Waals surface area contributed by atoms with Crippen LogP contribution in [-0.2, 0) is 24.0 Å². The van der Waals surface area contributed by atoms with E-state index in [0.717, 1.165) is 23.1 Å². The molecular weight excluding hydrogens is 563 g/mol. The maximum atomic E-state index is 12.6. The molecule has 0 spiro atoms. The number of β-lactam (4-membered cyclic amide) rings is 1. The molecule has 0 aliphatic carbocycles. The third kappa shape index (κ3) is 6.71. The van der Waals surface area contributed by atoms with E-state index >= 15 is 0 Å². The van der Waals surface area contributed by atoms with E-state index in [9.17, 15) is 32.7 Å². The Morgan fingerprint density at radius 3 is 2.51 bits per heavy atom. The second kappa shape index (κ2) is 11.8. The molecule has 2 amide bonds. The number of carboxylic acid groups (broad SMARTS) is 2. The highest BCUT2D eigenvalue weighted by atomic mass is 35.5. The van der Waals surface area contributed by atoms with Crippen molar-refractivity contribution in [3.8, 4) is 0 Å². The Balaban J connectivity index is 0.000000540. The average Bonchev–Trinajstić information content (AvgIpc) is 3.20. The summed E-state index contributed by atoms with van der Waals surface area (Å²) in [5, 5.41) is 24.8. The highest BCUT2D eigenvalue weighted by Gasteiger charge is 2.54. The summed E-state index contributed by atoms with van der Waals surface area (Å²) < 4.78 is 32.2. The number of thioether (sulfide) groups is 2. The van der Waals surface area contributed by atoms with Crippen molar-refractivity contribution in [2.75, 3.05) is 23.8 Å². The minimum atomic E-state index is -5.08. The first kappa shape index (κ1) is 28.5. The van der Waals surface area contributed by atoms with Crippen LogP contribution >= 0.6 is 46.5 Å². The van der Waals surface area contributed by atoms with Crippen LogP contribution in [0.3, 0.4) is 0 Å². The fourth-order valence-electron chi connectivity index (χ4n) is 2.73. The fraction of sp³-hybridized carbons (Fsp3) is 0.375. The molecule has 2 aliphatic rings. The Morgan fingerprint density at radius 1 is 1.43 bits per heavy atom. The topological polar surface area (TPSA) is 185 Å². The molecule has 1 saturated heterocycles. The van der Waals surface area contributed by atoms with Crippen LogP contribution in [-0.4, -0.2) is 85.9 Å². The molecule has 1 aromatic rings. The predicted molar refractivity (Wildman–Crippen MR) is 122 cm³/mol. The quantitative estimate of drug-likeness (QED) is 0.159. The van der Waals surface area contributed by atoms with Gasteiger partial charge < -0.3 is 26.1 Å². The summed E-state index contributed by atoms with van der Waals surface area (Å²) in [6.07, 6.45) is -5.08. The summed E-state index contributed by atoms with van der Waals surface area (Å²) in [5.41, 5.74) is 5.57. The molecule has 35 heavy (non-hydrogen) atoms. The molecule has 2 aliphatic heterocycles. The van der Waals surface area contributed by atoms with Gasteiger partial charge in [0.15, 0.2) is 16.5 Å². The molecule has 0 saturated carbocycles. The monoisotopic (exact) mass is 577 g/mol. The fourth-order valence-corrected chi connectivity index (χ4v) is 5.92. The zero-order valence-electron chi connectivity index (χ0n) is 17.2. The van der Waals surface area contributed by atoms with Gasteiger partial charge >= 0.3 is 18.1 Å². The summed E-state index contributed by atoms with van der Waals surface area (Å²) in [4.78, 5) is 55.6. The number of oxime groups is 1. The number of amides is 2. The van der Waals surface area contributed by atoms with Gasteiger partial charge in [-0.25, -0.2) is 14.6 Å². The maximum absolute atomic E-state index is 12.6. The van der Waals surface area contributed by atoms with Gasteiger partial charge in [0.1, 0.15) is 18.8 Å². The third-order valence-corrected chi connectivity index (χ3v) is 7.36. The van der Waals surface area contributed by atoms with Gasteiger partial charge in [-0.2, -0.15) is 13.2 Å². The lowest BCUT2D eigenvalue weighted by Gasteiger charge is -2.49. The van der Waals surface area contributed by atoms with Crippen LogP contribution in [0.4, 0.5) is 18.3 Å². The molecule has 0 aromatic carbocycles. The molecule has 5 N–H and O–H groups in total. The van der Waals surface area contributed by atoms with Crippen LogP contribution in [0.5, 0.6) is 0 Å². The molecule has 3 heterocycles. The van der Waals surface area contributed by atoms with Crippen molar-refractivity contribution in [1.29, 1.82) is 0 Å². The van der Waals surface area contributed by atoms with E-state index in [2.05, 4.69) is 15.5 Å². The number of nitrogens with zero attached hydrogens (tertiary/aromatic N) is 3. The number of carbonyl (C=O) groups is 4. The van der Waals surface area contributed by atoms with Crippen LogP contribution in [0.15, 0.2) is 20.5 Å². The Hall–Kier alpha value is -2.70. The number of nitrogens with two attached hydrogens (primary N) is 1. The second-order valence-corrected chi connectivity index (χ2v) is 9.98. The lowest BCUT2D eigenvalue weighted by atomic mass is 9.95. The number of anilines is 1. The number of aromatic nitrogens is 1. The number of alkyl halides is 4. The summed E-state index contributed by atoms with van der Waals surface area (Å²) in [7, 11) is 1.27. The van der Waals surface area contributed by atoms with Gasteiger partial charge in [0.2, 0.25) is 0 Å². The molecule has 0 bridgehead atoms. The van der Waals surface area contributed by atoms with E-state index in [1.54, 1.807) is 5.38 Å². The maximum Gasteiger partial charge on any atom is 0.490 e. The number of aliphatic carboxylic acids is 2. The molecule has 0 unspecified atom stereocenters. The molecule has 12 nitrogen and oxygen atoms in total. The van der Waals surface area contributed by atoms with Gasteiger partial charge in [-0.15, -0.1) is 46.5 Å². The van der Waals surface area contributed by atoms with Gasteiger partial charge in [0.25, 0.3) is 11.8 Å². The number of hydrogen-bond donors (Lipinski definition) is 4. The average molecular weight is 578 g/mol. The predicted octanol–water partition coefficient (Wildman–Crippen LogP) is 1.33. The number of nitrogen functional groups attached to an aromatic ring is 1. The van der Waals surface area contributed by atoms with Crippen LogP contribution in [0.2, 0.25) is 0 Å². The van der Waals surface area contributed by atoms with E-state index in [1.807, 2.05) is 0 Å². The SMILES string of the molecule is CON=C(C(=O)N[C@H]1C(=O)N2C(C(=O)O)=C(SCCl)SC[C@H]12)c1csc(N)n1.O=C(O)C(F)(F)F. The minimum Gasteiger partial charge on any atom is -0.477 e. The first-order valence-electron chi connectivity index (χ1n) is 8.89. The molecule has 19 heteroatoms. The lowest BCUT2D eigenvalue weighted by Crippen LogP contribution is -2.72. The summed E-state index contributed by atoms with van der Waals surface area (Å²) in [6, 6.07) is -1.37. The van der Waals surface area contributed by atoms with Crippen molar-refractivity contribution < 1.29 is 47.4 Å². The van der Waals surface area contributed by atoms with Gasteiger partial charge in [-0.3, -0.25) is 14.5 Å². The summed E-state index contributed by atoms with van der Waals surface area (Å²) in [5.74, 6) is -4.74. The number of carboxylic acids is 2. The summed E-state index contributed by atoms with van der Waals surface area (Å²) >= 11 is 9.25. The normalized spacial score (nSPS) is 19.7. The zero-order chi connectivity index (χ0) is 26.5. The number of rotatable bonds is 7. The molecule has 1 fully saturated rings. The second-order valence-electron chi connectivity index (χ2n) is 6.23. The van der Waals surface area contributed by atoms with Gasteiger partial charge in [0.05, 0.1) is 15.5 Å². The summed E-state index contributed by atoms with van der Waals surface area (Å²) in [6.45, 7) is 0. The van der Waals surface area contributed by atoms with Crippen molar-refractivity contribution in [2.24, 2.45) is 5.16 Å². The van der Waals surface area contributed by atoms with Crippen molar-refractivity contribution in [3.05, 3.63) is 21.0 Å². The Kier molecular flexibility index (Phi) is 9.64. The Bertz CT molecular complexity index is 1080. The first-order valence-corrected chi connectivity index (χ1v) is 12.3. The van der Waals surface area contributed by atoms with E-state index in [-0.39, 0.29) is 27.4 Å². The van der Waals surface area contributed by atoms with E-state index in [1.165, 1.54) is 23.8 Å². The van der Waals surface area contributed by atoms with Crippen molar-refractivity contribution in [2.45, 2.75) is 18.3 Å². The van der Waals surface area contributed by atoms with E-state index in [4.69, 9.17) is 32.1 Å².